The molecule has 0 aliphatic rings. The first-order chi connectivity index (χ1) is 34.6. The number of carbonyl (C=O) groups excluding carboxylic acids is 3. The third-order valence-corrected chi connectivity index (χ3v) is 13.7. The molecule has 0 aliphatic heterocycles. The lowest BCUT2D eigenvalue weighted by Gasteiger charge is -2.26. The summed E-state index contributed by atoms with van der Waals surface area (Å²) in [7, 11) is 5.93. The second kappa shape index (κ2) is 54.0. The van der Waals surface area contributed by atoms with Crippen LogP contribution in [0.1, 0.15) is 296 Å². The first kappa shape index (κ1) is 68.8. The number of quaternary nitrogens is 1. The van der Waals surface area contributed by atoms with Crippen molar-refractivity contribution in [3.05, 3.63) is 24.3 Å². The van der Waals surface area contributed by atoms with Gasteiger partial charge in [-0.2, -0.15) is 0 Å². The molecule has 0 spiro atoms. The number of ether oxygens (including phenoxy) is 4. The predicted molar refractivity (Wildman–Crippen MR) is 297 cm³/mol. The van der Waals surface area contributed by atoms with Crippen LogP contribution in [-0.2, 0) is 33.3 Å². The zero-order valence-electron chi connectivity index (χ0n) is 47.6. The third kappa shape index (κ3) is 55.4. The number of aliphatic carboxylic acids is 1. The topological polar surface area (TPSA) is 111 Å². The molecule has 2 atom stereocenters. The number of hydrogen-bond acceptors (Lipinski definition) is 8. The molecule has 0 radical (unpaired) electrons. The van der Waals surface area contributed by atoms with E-state index in [0.717, 1.165) is 44.9 Å². The Balaban J connectivity index is 4.13. The molecule has 0 N–H and O–H groups in total. The van der Waals surface area contributed by atoms with Gasteiger partial charge in [0.1, 0.15) is 13.2 Å². The van der Waals surface area contributed by atoms with E-state index in [4.69, 9.17) is 18.9 Å². The second-order valence-corrected chi connectivity index (χ2v) is 22.0. The molecule has 9 heteroatoms. The Morgan fingerprint density at radius 3 is 1.11 bits per heavy atom. The first-order valence-corrected chi connectivity index (χ1v) is 30.5. The Bertz CT molecular complexity index is 1210. The Morgan fingerprint density at radius 2 is 0.761 bits per heavy atom. The maximum atomic E-state index is 12.9. The average Bonchev–Trinajstić information content (AvgIpc) is 3.34. The minimum absolute atomic E-state index is 0.151. The van der Waals surface area contributed by atoms with E-state index in [1.807, 2.05) is 21.1 Å². The Labute approximate surface area is 439 Å². The molecule has 418 valence electrons. The number of carboxylic acids is 1. The number of allylic oxidation sites excluding steroid dienone is 4. The van der Waals surface area contributed by atoms with Crippen LogP contribution in [0.2, 0.25) is 0 Å². The summed E-state index contributed by atoms with van der Waals surface area (Å²) in [5.41, 5.74) is 0. The number of rotatable bonds is 57. The van der Waals surface area contributed by atoms with Gasteiger partial charge in [-0.25, -0.2) is 0 Å². The number of carboxylic acid groups (broad SMARTS) is 1. The van der Waals surface area contributed by atoms with E-state index in [0.29, 0.717) is 17.4 Å². The van der Waals surface area contributed by atoms with Crippen LogP contribution in [0.25, 0.3) is 0 Å². The van der Waals surface area contributed by atoms with Crippen LogP contribution >= 0.6 is 0 Å². The molecule has 0 heterocycles. The lowest BCUT2D eigenvalue weighted by atomic mass is 10.0. The van der Waals surface area contributed by atoms with Crippen molar-refractivity contribution in [2.24, 2.45) is 0 Å². The summed E-state index contributed by atoms with van der Waals surface area (Å²) in [5.74, 6) is -2.26. The van der Waals surface area contributed by atoms with Crippen LogP contribution < -0.4 is 5.11 Å². The number of esters is 2. The average molecular weight is 1000 g/mol. The van der Waals surface area contributed by atoms with Crippen molar-refractivity contribution < 1.29 is 42.9 Å². The van der Waals surface area contributed by atoms with Gasteiger partial charge >= 0.3 is 11.9 Å². The van der Waals surface area contributed by atoms with E-state index >= 15 is 0 Å². The number of likely N-dealkylation sites (N-methyl/N-ethyl adjacent to an activating group) is 1. The Hall–Kier alpha value is -2.23. The summed E-state index contributed by atoms with van der Waals surface area (Å²) in [6.45, 7) is 4.79. The molecule has 0 aromatic rings. The molecule has 0 saturated heterocycles. The maximum Gasteiger partial charge on any atom is 0.306 e. The highest BCUT2D eigenvalue weighted by atomic mass is 16.7. The number of nitrogens with zero attached hydrogens (tertiary/aromatic N) is 1. The predicted octanol–water partition coefficient (Wildman–Crippen LogP) is 16.6. The zero-order chi connectivity index (χ0) is 52.0. The monoisotopic (exact) mass is 1000 g/mol. The minimum atomic E-state index is -1.62. The van der Waals surface area contributed by atoms with Gasteiger partial charge in [-0.1, -0.05) is 263 Å². The van der Waals surface area contributed by atoms with Crippen molar-refractivity contribution >= 4 is 17.9 Å². The van der Waals surface area contributed by atoms with Gasteiger partial charge in [0.05, 0.1) is 40.3 Å². The van der Waals surface area contributed by atoms with Gasteiger partial charge in [0.2, 0.25) is 0 Å². The third-order valence-electron chi connectivity index (χ3n) is 13.7. The van der Waals surface area contributed by atoms with E-state index in [2.05, 4.69) is 38.2 Å². The summed E-state index contributed by atoms with van der Waals surface area (Å²) in [5, 5.41) is 11.8. The smallest absolute Gasteiger partial charge is 0.306 e. The van der Waals surface area contributed by atoms with Crippen LogP contribution in [-0.4, -0.2) is 82.3 Å². The van der Waals surface area contributed by atoms with E-state index in [1.165, 1.54) is 225 Å². The van der Waals surface area contributed by atoms with Crippen molar-refractivity contribution in [1.29, 1.82) is 0 Å². The van der Waals surface area contributed by atoms with Crippen LogP contribution in [0.5, 0.6) is 0 Å². The molecule has 2 unspecified atom stereocenters. The van der Waals surface area contributed by atoms with Gasteiger partial charge in [-0.15, -0.1) is 0 Å². The van der Waals surface area contributed by atoms with Gasteiger partial charge in [-0.05, 0) is 44.9 Å². The van der Waals surface area contributed by atoms with Gasteiger partial charge < -0.3 is 33.3 Å². The lowest BCUT2D eigenvalue weighted by molar-refractivity contribution is -0.870. The molecule has 0 rings (SSSR count). The van der Waals surface area contributed by atoms with Crippen molar-refractivity contribution in [3.8, 4) is 0 Å². The standard InChI is InChI=1S/C62H117NO8/c1-6-8-10-12-14-16-18-20-22-24-25-26-27-28-29-30-31-32-33-34-35-37-39-41-43-45-47-49-51-53-60(65)71-58(57-70-62(61(66)67)68-55-54-63(3,4)5)56-69-59(64)52-50-48-46-44-42-40-38-36-23-21-19-17-15-13-11-9-7-2/h18,20,24-25,58,62H,6-17,19,21-23,26-57H2,1-5H3/b20-18-,25-24-. The minimum Gasteiger partial charge on any atom is -0.545 e. The Kier molecular flexibility index (Phi) is 52.3. The quantitative estimate of drug-likeness (QED) is 0.0195. The number of unbranched alkanes of at least 4 members (excludes halogenated alkanes) is 38. The van der Waals surface area contributed by atoms with Gasteiger partial charge in [-0.3, -0.25) is 9.59 Å². The highest BCUT2D eigenvalue weighted by molar-refractivity contribution is 5.70. The van der Waals surface area contributed by atoms with E-state index in [-0.39, 0.29) is 32.2 Å². The molecule has 0 amide bonds. The van der Waals surface area contributed by atoms with E-state index < -0.39 is 24.3 Å². The fraction of sp³-hybridized carbons (Fsp3) is 0.887. The van der Waals surface area contributed by atoms with E-state index in [9.17, 15) is 19.5 Å². The van der Waals surface area contributed by atoms with Crippen molar-refractivity contribution in [1.82, 2.24) is 0 Å². The molecule has 0 aliphatic carbocycles. The number of carbonyl (C=O) groups is 3. The highest BCUT2D eigenvalue weighted by Gasteiger charge is 2.22. The van der Waals surface area contributed by atoms with Crippen molar-refractivity contribution in [3.63, 3.8) is 0 Å². The summed E-state index contributed by atoms with van der Waals surface area (Å²) in [4.78, 5) is 37.3. The normalized spacial score (nSPS) is 12.9. The van der Waals surface area contributed by atoms with Gasteiger partial charge in [0, 0.05) is 12.8 Å². The van der Waals surface area contributed by atoms with Crippen LogP contribution in [0.3, 0.4) is 0 Å². The van der Waals surface area contributed by atoms with E-state index in [1.54, 1.807) is 0 Å². The Morgan fingerprint density at radius 1 is 0.423 bits per heavy atom. The van der Waals surface area contributed by atoms with Crippen LogP contribution in [0.4, 0.5) is 0 Å². The van der Waals surface area contributed by atoms with Crippen molar-refractivity contribution in [2.45, 2.75) is 309 Å². The molecule has 9 nitrogen and oxygen atoms in total. The van der Waals surface area contributed by atoms with Gasteiger partial charge in [0.25, 0.3) is 0 Å². The van der Waals surface area contributed by atoms with Crippen molar-refractivity contribution in [2.75, 3.05) is 47.5 Å². The van der Waals surface area contributed by atoms with Crippen LogP contribution in [0.15, 0.2) is 24.3 Å². The summed E-state index contributed by atoms with van der Waals surface area (Å²) >= 11 is 0. The molecule has 0 bridgehead atoms. The molecule has 0 aromatic heterocycles. The molecule has 71 heavy (non-hydrogen) atoms. The fourth-order valence-electron chi connectivity index (χ4n) is 8.98. The molecular weight excluding hydrogens is 887 g/mol. The lowest BCUT2D eigenvalue weighted by Crippen LogP contribution is -2.44. The van der Waals surface area contributed by atoms with Gasteiger partial charge in [0.15, 0.2) is 12.4 Å². The number of hydrogen-bond donors (Lipinski definition) is 0. The largest absolute Gasteiger partial charge is 0.545 e. The fourth-order valence-corrected chi connectivity index (χ4v) is 8.98. The molecular formula is C62H117NO8. The highest BCUT2D eigenvalue weighted by Crippen LogP contribution is 2.17. The molecule has 0 aromatic carbocycles. The SMILES string of the molecule is CCCCCCC/C=C\C/C=C\CCCCCCCCCCCCCCCCCCCC(=O)OC(COC(=O)CCCCCCCCCCCCCCCCCCC)COC(OCC[N+](C)(C)C)C(=O)[O-]. The first-order valence-electron chi connectivity index (χ1n) is 30.5. The molecule has 0 saturated carbocycles. The summed E-state index contributed by atoms with van der Waals surface area (Å²) < 4.78 is 22.7. The molecule has 0 fully saturated rings. The van der Waals surface area contributed by atoms with Crippen LogP contribution in [0, 0.1) is 0 Å². The summed E-state index contributed by atoms with van der Waals surface area (Å²) in [6.07, 6.45) is 60.9. The summed E-state index contributed by atoms with van der Waals surface area (Å²) in [6, 6.07) is 0. The second-order valence-electron chi connectivity index (χ2n) is 22.0. The maximum absolute atomic E-state index is 12.9. The zero-order valence-corrected chi connectivity index (χ0v) is 47.6.